The topological polar surface area (TPSA) is 73.2 Å². The predicted octanol–water partition coefficient (Wildman–Crippen LogP) is 2.23. The van der Waals surface area contributed by atoms with Crippen LogP contribution in [0.2, 0.25) is 0 Å². The number of amides is 2. The number of hydrogen-bond donors (Lipinski definition) is 1. The Balaban J connectivity index is 1.72. The van der Waals surface area contributed by atoms with E-state index in [0.29, 0.717) is 23.8 Å². The van der Waals surface area contributed by atoms with E-state index in [0.717, 1.165) is 17.7 Å². The summed E-state index contributed by atoms with van der Waals surface area (Å²) >= 11 is 1.51. The first-order valence-electron chi connectivity index (χ1n) is 7.31. The molecule has 1 unspecified atom stereocenters. The van der Waals surface area contributed by atoms with Crippen molar-refractivity contribution < 1.29 is 9.59 Å². The van der Waals surface area contributed by atoms with Crippen LogP contribution in [0.5, 0.6) is 0 Å². The van der Waals surface area contributed by atoms with E-state index in [2.05, 4.69) is 11.4 Å². The second-order valence-electron chi connectivity index (χ2n) is 5.69. The molecule has 1 saturated heterocycles. The molecular formula is C16H17N3O2S. The third-order valence-electron chi connectivity index (χ3n) is 4.10. The van der Waals surface area contributed by atoms with Gasteiger partial charge in [0.2, 0.25) is 11.8 Å². The van der Waals surface area contributed by atoms with Gasteiger partial charge in [-0.15, -0.1) is 11.8 Å². The first kappa shape index (κ1) is 14.9. The van der Waals surface area contributed by atoms with Crippen LogP contribution in [-0.2, 0) is 9.59 Å². The standard InChI is InChI=1S/C16H17N3O2S/c1-22-14-5-2-10(8-17)6-13(14)18-16(21)11-7-15(20)19(9-11)12-3-4-12/h2,5-6,11-12H,3-4,7,9H2,1H3,(H,18,21). The van der Waals surface area contributed by atoms with Crippen molar-refractivity contribution in [3.63, 3.8) is 0 Å². The quantitative estimate of drug-likeness (QED) is 0.865. The molecule has 5 nitrogen and oxygen atoms in total. The van der Waals surface area contributed by atoms with Crippen LogP contribution in [0.1, 0.15) is 24.8 Å². The molecule has 1 atom stereocenters. The number of nitriles is 1. The van der Waals surface area contributed by atoms with Gasteiger partial charge in [0.25, 0.3) is 0 Å². The van der Waals surface area contributed by atoms with Gasteiger partial charge in [-0.05, 0) is 37.3 Å². The van der Waals surface area contributed by atoms with E-state index in [-0.39, 0.29) is 24.2 Å². The monoisotopic (exact) mass is 315 g/mol. The van der Waals surface area contributed by atoms with Gasteiger partial charge < -0.3 is 10.2 Å². The Labute approximate surface area is 133 Å². The van der Waals surface area contributed by atoms with E-state index in [1.54, 1.807) is 12.1 Å². The van der Waals surface area contributed by atoms with Gasteiger partial charge >= 0.3 is 0 Å². The first-order chi connectivity index (χ1) is 10.6. The molecule has 1 aliphatic heterocycles. The average Bonchev–Trinajstić information content (AvgIpc) is 3.29. The van der Waals surface area contributed by atoms with Gasteiger partial charge in [-0.1, -0.05) is 0 Å². The molecule has 1 aromatic carbocycles. The van der Waals surface area contributed by atoms with Crippen LogP contribution in [0.4, 0.5) is 5.69 Å². The summed E-state index contributed by atoms with van der Waals surface area (Å²) < 4.78 is 0. The van der Waals surface area contributed by atoms with E-state index in [1.807, 2.05) is 17.2 Å². The van der Waals surface area contributed by atoms with Crippen LogP contribution in [0.3, 0.4) is 0 Å². The zero-order valence-corrected chi connectivity index (χ0v) is 13.2. The summed E-state index contributed by atoms with van der Waals surface area (Å²) in [6.45, 7) is 0.516. The minimum atomic E-state index is -0.298. The molecule has 2 aliphatic rings. The Kier molecular flexibility index (Phi) is 4.08. The maximum absolute atomic E-state index is 12.4. The summed E-state index contributed by atoms with van der Waals surface area (Å²) in [6, 6.07) is 7.67. The highest BCUT2D eigenvalue weighted by Gasteiger charge is 2.41. The molecule has 114 valence electrons. The lowest BCUT2D eigenvalue weighted by Crippen LogP contribution is -2.30. The summed E-state index contributed by atoms with van der Waals surface area (Å²) in [7, 11) is 0. The van der Waals surface area contributed by atoms with Crippen LogP contribution in [0.25, 0.3) is 0 Å². The van der Waals surface area contributed by atoms with E-state index >= 15 is 0 Å². The second-order valence-corrected chi connectivity index (χ2v) is 6.54. The highest BCUT2D eigenvalue weighted by Crippen LogP contribution is 2.33. The maximum atomic E-state index is 12.4. The predicted molar refractivity (Wildman–Crippen MR) is 84.4 cm³/mol. The Morgan fingerprint density at radius 2 is 2.23 bits per heavy atom. The van der Waals surface area contributed by atoms with Crippen LogP contribution < -0.4 is 5.32 Å². The number of carbonyl (C=O) groups excluding carboxylic acids is 2. The number of thioether (sulfide) groups is 1. The molecule has 0 spiro atoms. The molecular weight excluding hydrogens is 298 g/mol. The number of nitrogens with zero attached hydrogens (tertiary/aromatic N) is 2. The normalized spacial score (nSPS) is 20.8. The lowest BCUT2D eigenvalue weighted by atomic mass is 10.1. The molecule has 1 aliphatic carbocycles. The molecule has 1 saturated carbocycles. The molecule has 22 heavy (non-hydrogen) atoms. The highest BCUT2D eigenvalue weighted by atomic mass is 32.2. The maximum Gasteiger partial charge on any atom is 0.229 e. The molecule has 0 aromatic heterocycles. The third-order valence-corrected chi connectivity index (χ3v) is 4.90. The van der Waals surface area contributed by atoms with Crippen molar-refractivity contribution in [2.24, 2.45) is 5.92 Å². The number of likely N-dealkylation sites (tertiary alicyclic amines) is 1. The van der Waals surface area contributed by atoms with Crippen molar-refractivity contribution in [1.29, 1.82) is 5.26 Å². The summed E-state index contributed by atoms with van der Waals surface area (Å²) in [5.41, 5.74) is 1.16. The summed E-state index contributed by atoms with van der Waals surface area (Å²) in [5.74, 6) is -0.353. The number of benzene rings is 1. The molecule has 1 aromatic rings. The molecule has 0 radical (unpaired) electrons. The van der Waals surface area contributed by atoms with Crippen molar-refractivity contribution in [3.8, 4) is 6.07 Å². The van der Waals surface area contributed by atoms with E-state index < -0.39 is 0 Å². The minimum Gasteiger partial charge on any atom is -0.339 e. The van der Waals surface area contributed by atoms with Gasteiger partial charge in [-0.25, -0.2) is 0 Å². The number of nitrogens with one attached hydrogen (secondary N) is 1. The van der Waals surface area contributed by atoms with Gasteiger partial charge in [0, 0.05) is 23.9 Å². The zero-order chi connectivity index (χ0) is 15.7. The SMILES string of the molecule is CSc1ccc(C#N)cc1NC(=O)C1CC(=O)N(C2CC2)C1. The van der Waals surface area contributed by atoms with E-state index in [9.17, 15) is 9.59 Å². The average molecular weight is 315 g/mol. The lowest BCUT2D eigenvalue weighted by Gasteiger charge is -2.16. The number of anilines is 1. The van der Waals surface area contributed by atoms with Crippen LogP contribution in [0.15, 0.2) is 23.1 Å². The molecule has 2 amide bonds. The van der Waals surface area contributed by atoms with Crippen molar-refractivity contribution in [3.05, 3.63) is 23.8 Å². The van der Waals surface area contributed by atoms with Gasteiger partial charge in [0.1, 0.15) is 0 Å². The summed E-state index contributed by atoms with van der Waals surface area (Å²) in [6.07, 6.45) is 4.32. The molecule has 0 bridgehead atoms. The largest absolute Gasteiger partial charge is 0.339 e. The fourth-order valence-corrected chi connectivity index (χ4v) is 3.29. The Bertz CT molecular complexity index is 664. The Morgan fingerprint density at radius 1 is 1.45 bits per heavy atom. The highest BCUT2D eigenvalue weighted by molar-refractivity contribution is 7.98. The van der Waals surface area contributed by atoms with E-state index in [1.165, 1.54) is 11.8 Å². The fourth-order valence-electron chi connectivity index (χ4n) is 2.76. The van der Waals surface area contributed by atoms with Crippen molar-refractivity contribution in [2.75, 3.05) is 18.1 Å². The number of rotatable bonds is 4. The van der Waals surface area contributed by atoms with Gasteiger partial charge in [0.05, 0.1) is 23.2 Å². The summed E-state index contributed by atoms with van der Waals surface area (Å²) in [5, 5.41) is 11.9. The van der Waals surface area contributed by atoms with Crippen LogP contribution >= 0.6 is 11.8 Å². The van der Waals surface area contributed by atoms with Crippen molar-refractivity contribution in [2.45, 2.75) is 30.2 Å². The van der Waals surface area contributed by atoms with Crippen LogP contribution in [-0.4, -0.2) is 35.6 Å². The van der Waals surface area contributed by atoms with Gasteiger partial charge in [0.15, 0.2) is 0 Å². The Hall–Kier alpha value is -2.00. The Morgan fingerprint density at radius 3 is 2.86 bits per heavy atom. The van der Waals surface area contributed by atoms with Crippen molar-refractivity contribution in [1.82, 2.24) is 4.90 Å². The molecule has 1 N–H and O–H groups in total. The smallest absolute Gasteiger partial charge is 0.229 e. The third kappa shape index (κ3) is 2.95. The minimum absolute atomic E-state index is 0.0820. The molecule has 3 rings (SSSR count). The van der Waals surface area contributed by atoms with Crippen molar-refractivity contribution >= 4 is 29.3 Å². The molecule has 6 heteroatoms. The van der Waals surface area contributed by atoms with Gasteiger partial charge in [-0.3, -0.25) is 9.59 Å². The van der Waals surface area contributed by atoms with Gasteiger partial charge in [-0.2, -0.15) is 5.26 Å². The number of hydrogen-bond acceptors (Lipinski definition) is 4. The van der Waals surface area contributed by atoms with Crippen LogP contribution in [0, 0.1) is 17.2 Å². The fraction of sp³-hybridized carbons (Fsp3) is 0.438. The first-order valence-corrected chi connectivity index (χ1v) is 8.53. The van der Waals surface area contributed by atoms with E-state index in [4.69, 9.17) is 5.26 Å². The molecule has 2 fully saturated rings. The molecule has 1 heterocycles. The zero-order valence-electron chi connectivity index (χ0n) is 12.3. The summed E-state index contributed by atoms with van der Waals surface area (Å²) in [4.78, 5) is 27.1. The second kappa shape index (κ2) is 6.01. The lowest BCUT2D eigenvalue weighted by molar-refractivity contribution is -0.128. The number of carbonyl (C=O) groups is 2.